The second kappa shape index (κ2) is 8.00. The number of rotatable bonds is 5. The highest BCUT2D eigenvalue weighted by Gasteiger charge is 2.29. The van der Waals surface area contributed by atoms with Gasteiger partial charge in [-0.2, -0.15) is 5.10 Å². The second-order valence-corrected chi connectivity index (χ2v) is 8.07. The first kappa shape index (κ1) is 20.1. The van der Waals surface area contributed by atoms with E-state index in [1.807, 2.05) is 61.1 Å². The van der Waals surface area contributed by atoms with Crippen LogP contribution < -0.4 is 10.2 Å². The molecule has 2 aromatic heterocycles. The highest BCUT2D eigenvalue weighted by Crippen LogP contribution is 2.33. The normalized spacial score (nSPS) is 13.4. The Balaban J connectivity index is 1.44. The summed E-state index contributed by atoms with van der Waals surface area (Å²) in [6.07, 6.45) is 3.20. The molecule has 32 heavy (non-hydrogen) atoms. The van der Waals surface area contributed by atoms with Crippen LogP contribution in [0.2, 0.25) is 0 Å². The van der Waals surface area contributed by atoms with E-state index in [4.69, 9.17) is 5.10 Å². The molecule has 0 bridgehead atoms. The van der Waals surface area contributed by atoms with Crippen LogP contribution in [-0.2, 0) is 29.6 Å². The van der Waals surface area contributed by atoms with Crippen molar-refractivity contribution in [3.8, 4) is 11.3 Å². The molecule has 0 atom stereocenters. The van der Waals surface area contributed by atoms with E-state index >= 15 is 0 Å². The second-order valence-electron chi connectivity index (χ2n) is 8.07. The van der Waals surface area contributed by atoms with E-state index in [0.717, 1.165) is 39.8 Å². The van der Waals surface area contributed by atoms with Crippen molar-refractivity contribution in [3.05, 3.63) is 66.4 Å². The first-order valence-electron chi connectivity index (χ1n) is 10.9. The van der Waals surface area contributed by atoms with E-state index in [1.165, 1.54) is 4.90 Å². The number of carbonyl (C=O) groups is 2. The summed E-state index contributed by atoms with van der Waals surface area (Å²) in [6, 6.07) is 17.8. The van der Waals surface area contributed by atoms with Gasteiger partial charge in [0.05, 0.1) is 12.2 Å². The van der Waals surface area contributed by atoms with Gasteiger partial charge in [0.2, 0.25) is 11.8 Å². The number of nitrogens with one attached hydrogen (secondary N) is 1. The molecule has 3 heterocycles. The van der Waals surface area contributed by atoms with Crippen molar-refractivity contribution in [2.45, 2.75) is 26.3 Å². The van der Waals surface area contributed by atoms with Crippen LogP contribution in [-0.4, -0.2) is 32.7 Å². The number of para-hydroxylation sites is 2. The Morgan fingerprint density at radius 2 is 1.91 bits per heavy atom. The van der Waals surface area contributed by atoms with E-state index < -0.39 is 0 Å². The summed E-state index contributed by atoms with van der Waals surface area (Å²) in [5, 5.41) is 8.83. The molecule has 4 aromatic rings. The van der Waals surface area contributed by atoms with Crippen LogP contribution in [0.15, 0.2) is 60.8 Å². The molecule has 1 aliphatic heterocycles. The van der Waals surface area contributed by atoms with Gasteiger partial charge in [0.25, 0.3) is 0 Å². The largest absolute Gasteiger partial charge is 0.350 e. The lowest BCUT2D eigenvalue weighted by Crippen LogP contribution is -2.42. The Kier molecular flexibility index (Phi) is 5.01. The van der Waals surface area contributed by atoms with Gasteiger partial charge in [0.15, 0.2) is 0 Å². The third kappa shape index (κ3) is 3.45. The van der Waals surface area contributed by atoms with Gasteiger partial charge in [-0.1, -0.05) is 43.3 Å². The molecule has 0 unspecified atom stereocenters. The Morgan fingerprint density at radius 3 is 2.75 bits per heavy atom. The minimum atomic E-state index is -0.222. The van der Waals surface area contributed by atoms with Gasteiger partial charge in [0.1, 0.15) is 12.4 Å². The molecule has 0 fully saturated rings. The summed E-state index contributed by atoms with van der Waals surface area (Å²) >= 11 is 0. The summed E-state index contributed by atoms with van der Waals surface area (Å²) in [5.74, 6) is 0.365. The van der Waals surface area contributed by atoms with E-state index in [2.05, 4.69) is 28.2 Å². The quantitative estimate of drug-likeness (QED) is 0.524. The lowest BCUT2D eigenvalue weighted by molar-refractivity contribution is -0.122. The van der Waals surface area contributed by atoms with E-state index in [-0.39, 0.29) is 18.4 Å². The molecule has 7 heteroatoms. The number of aromatic nitrogens is 3. The predicted octanol–water partition coefficient (Wildman–Crippen LogP) is 3.98. The molecule has 2 amide bonds. The Bertz CT molecular complexity index is 1330. The van der Waals surface area contributed by atoms with Crippen LogP contribution in [0.4, 0.5) is 11.5 Å². The third-order valence-electron chi connectivity index (χ3n) is 6.02. The van der Waals surface area contributed by atoms with E-state index in [9.17, 15) is 9.59 Å². The zero-order valence-electron chi connectivity index (χ0n) is 18.2. The van der Waals surface area contributed by atoms with Crippen LogP contribution in [0.1, 0.15) is 18.9 Å². The lowest BCUT2D eigenvalue weighted by Gasteiger charge is -2.27. The molecule has 0 spiro atoms. The number of amides is 2. The minimum absolute atomic E-state index is 0.0441. The topological polar surface area (TPSA) is 72.2 Å². The van der Waals surface area contributed by atoms with Crippen LogP contribution in [0.25, 0.3) is 22.2 Å². The number of benzene rings is 2. The minimum Gasteiger partial charge on any atom is -0.350 e. The Morgan fingerprint density at radius 1 is 1.12 bits per heavy atom. The molecule has 2 aromatic carbocycles. The fourth-order valence-electron chi connectivity index (χ4n) is 4.38. The van der Waals surface area contributed by atoms with Crippen molar-refractivity contribution in [1.82, 2.24) is 14.3 Å². The molecule has 0 aliphatic carbocycles. The fraction of sp³-hybridized carbons (Fsp3) is 0.240. The molecule has 162 valence electrons. The van der Waals surface area contributed by atoms with Crippen LogP contribution in [0.5, 0.6) is 0 Å². The number of anilines is 2. The van der Waals surface area contributed by atoms with Crippen LogP contribution in [0, 0.1) is 0 Å². The van der Waals surface area contributed by atoms with Gasteiger partial charge in [-0.05, 0) is 24.1 Å². The van der Waals surface area contributed by atoms with Crippen LogP contribution >= 0.6 is 0 Å². The zero-order chi connectivity index (χ0) is 22.2. The highest BCUT2D eigenvalue weighted by molar-refractivity contribution is 6.03. The van der Waals surface area contributed by atoms with Gasteiger partial charge >= 0.3 is 0 Å². The van der Waals surface area contributed by atoms with Crippen molar-refractivity contribution in [2.24, 2.45) is 7.05 Å². The van der Waals surface area contributed by atoms with Crippen molar-refractivity contribution in [1.29, 1.82) is 0 Å². The average Bonchev–Trinajstić information content (AvgIpc) is 3.38. The maximum Gasteiger partial charge on any atom is 0.244 e. The number of hydrogen-bond acceptors (Lipinski definition) is 3. The molecule has 0 saturated carbocycles. The number of hydrogen-bond donors (Lipinski definition) is 1. The monoisotopic (exact) mass is 427 g/mol. The molecular weight excluding hydrogens is 402 g/mol. The van der Waals surface area contributed by atoms with Gasteiger partial charge in [-0.15, -0.1) is 0 Å². The molecule has 7 nitrogen and oxygen atoms in total. The standard InChI is InChI=1S/C25H25N5O2/c1-3-17-8-4-6-10-20(17)26-23(31)16-29-24-14-21(27-30(24)13-12-25(29)32)19-15-28(2)22-11-7-5-9-18(19)22/h4-11,14-15H,3,12-13,16H2,1-2H3,(H,26,31). The van der Waals surface area contributed by atoms with Gasteiger partial charge in [-0.25, -0.2) is 4.68 Å². The van der Waals surface area contributed by atoms with Crippen molar-refractivity contribution in [3.63, 3.8) is 0 Å². The summed E-state index contributed by atoms with van der Waals surface area (Å²) in [6.45, 7) is 2.51. The molecular formula is C25H25N5O2. The average molecular weight is 428 g/mol. The summed E-state index contributed by atoms with van der Waals surface area (Å²) in [7, 11) is 2.01. The number of carbonyl (C=O) groups excluding carboxylic acids is 2. The maximum atomic E-state index is 12.8. The molecule has 0 saturated heterocycles. The highest BCUT2D eigenvalue weighted by atomic mass is 16.2. The summed E-state index contributed by atoms with van der Waals surface area (Å²) in [5.41, 5.74) is 4.78. The van der Waals surface area contributed by atoms with E-state index in [1.54, 1.807) is 0 Å². The third-order valence-corrected chi connectivity index (χ3v) is 6.02. The molecule has 1 aliphatic rings. The summed E-state index contributed by atoms with van der Waals surface area (Å²) in [4.78, 5) is 27.1. The zero-order valence-corrected chi connectivity index (χ0v) is 18.2. The Hall–Kier alpha value is -3.87. The molecule has 0 radical (unpaired) electrons. The van der Waals surface area contributed by atoms with Crippen LogP contribution in [0.3, 0.4) is 0 Å². The van der Waals surface area contributed by atoms with Crippen molar-refractivity contribution in [2.75, 3.05) is 16.8 Å². The van der Waals surface area contributed by atoms with Crippen molar-refractivity contribution >= 4 is 34.2 Å². The van der Waals surface area contributed by atoms with E-state index in [0.29, 0.717) is 18.8 Å². The smallest absolute Gasteiger partial charge is 0.244 e. The fourth-order valence-corrected chi connectivity index (χ4v) is 4.38. The summed E-state index contributed by atoms with van der Waals surface area (Å²) < 4.78 is 3.90. The maximum absolute atomic E-state index is 12.8. The number of aryl methyl sites for hydroxylation is 3. The lowest BCUT2D eigenvalue weighted by atomic mass is 10.1. The first-order chi connectivity index (χ1) is 15.5. The van der Waals surface area contributed by atoms with Gasteiger partial charge < -0.3 is 9.88 Å². The molecule has 5 rings (SSSR count). The molecule has 1 N–H and O–H groups in total. The SMILES string of the molecule is CCc1ccccc1NC(=O)CN1C(=O)CCn2nc(-c3cn(C)c4ccccc34)cc21. The van der Waals surface area contributed by atoms with Crippen molar-refractivity contribution < 1.29 is 9.59 Å². The number of nitrogens with zero attached hydrogens (tertiary/aromatic N) is 4. The number of fused-ring (bicyclic) bond motifs is 2. The van der Waals surface area contributed by atoms with Gasteiger partial charge in [-0.3, -0.25) is 14.5 Å². The predicted molar refractivity (Wildman–Crippen MR) is 126 cm³/mol. The van der Waals surface area contributed by atoms with Gasteiger partial charge in [0, 0.05) is 47.9 Å². The first-order valence-corrected chi connectivity index (χ1v) is 10.9. The Labute approximate surface area is 186 Å².